The van der Waals surface area contributed by atoms with Crippen LogP contribution in [0.1, 0.15) is 38.3 Å². The second kappa shape index (κ2) is 5.45. The van der Waals surface area contributed by atoms with Gasteiger partial charge in [-0.15, -0.1) is 0 Å². The molecule has 3 nitrogen and oxygen atoms in total. The molecule has 1 heterocycles. The van der Waals surface area contributed by atoms with Gasteiger partial charge in [0.05, 0.1) is 12.2 Å². The maximum absolute atomic E-state index is 5.68. The van der Waals surface area contributed by atoms with Gasteiger partial charge in [-0.2, -0.15) is 0 Å². The van der Waals surface area contributed by atoms with Gasteiger partial charge in [-0.3, -0.25) is 0 Å². The Morgan fingerprint density at radius 1 is 1.47 bits per heavy atom. The third-order valence-corrected chi connectivity index (χ3v) is 2.67. The molecule has 0 fully saturated rings. The van der Waals surface area contributed by atoms with Crippen molar-refractivity contribution in [1.29, 1.82) is 0 Å². The van der Waals surface area contributed by atoms with Gasteiger partial charge in [0.25, 0.3) is 0 Å². The van der Waals surface area contributed by atoms with E-state index in [0.29, 0.717) is 17.5 Å². The number of hydrogen-bond acceptors (Lipinski definition) is 3. The molecular formula is C13H20N2OS. The minimum absolute atomic E-state index is 0.243. The Hall–Kier alpha value is -1.16. The number of rotatable bonds is 4. The van der Waals surface area contributed by atoms with Gasteiger partial charge in [-0.25, -0.2) is 4.98 Å². The van der Waals surface area contributed by atoms with Crippen LogP contribution in [0.2, 0.25) is 0 Å². The molecular weight excluding hydrogens is 232 g/mol. The summed E-state index contributed by atoms with van der Waals surface area (Å²) in [5, 5.41) is 0. The molecule has 0 amide bonds. The molecule has 0 aliphatic heterocycles. The lowest BCUT2D eigenvalue weighted by atomic mass is 9.93. The van der Waals surface area contributed by atoms with E-state index in [0.717, 1.165) is 17.5 Å². The first-order valence-corrected chi connectivity index (χ1v) is 6.10. The summed E-state index contributed by atoms with van der Waals surface area (Å²) in [4.78, 5) is 4.53. The fraction of sp³-hybridized carbons (Fsp3) is 0.538. The van der Waals surface area contributed by atoms with Crippen molar-refractivity contribution in [2.24, 2.45) is 11.1 Å². The van der Waals surface area contributed by atoms with Gasteiger partial charge in [0, 0.05) is 6.20 Å². The number of ether oxygens (including phenoxy) is 1. The molecule has 1 aromatic heterocycles. The van der Waals surface area contributed by atoms with Crippen LogP contribution in [-0.2, 0) is 0 Å². The smallest absolute Gasteiger partial charge is 0.223 e. The summed E-state index contributed by atoms with van der Waals surface area (Å²) < 4.78 is 5.68. The third kappa shape index (κ3) is 4.30. The first-order valence-electron chi connectivity index (χ1n) is 5.69. The highest BCUT2D eigenvalue weighted by Crippen LogP contribution is 2.22. The molecule has 0 saturated heterocycles. The Kier molecular flexibility index (Phi) is 4.46. The first kappa shape index (κ1) is 13.9. The zero-order chi connectivity index (χ0) is 13.1. The lowest BCUT2D eigenvalue weighted by Gasteiger charge is -2.18. The van der Waals surface area contributed by atoms with Crippen LogP contribution in [0.15, 0.2) is 12.3 Å². The van der Waals surface area contributed by atoms with Gasteiger partial charge in [0.15, 0.2) is 0 Å². The van der Waals surface area contributed by atoms with E-state index in [1.54, 1.807) is 6.20 Å². The number of nitrogens with two attached hydrogens (primary N) is 1. The van der Waals surface area contributed by atoms with E-state index in [4.69, 9.17) is 22.7 Å². The van der Waals surface area contributed by atoms with Gasteiger partial charge in [0.1, 0.15) is 4.99 Å². The second-order valence-electron chi connectivity index (χ2n) is 5.33. The minimum Gasteiger partial charge on any atom is -0.477 e. The van der Waals surface area contributed by atoms with Crippen LogP contribution in [0.25, 0.3) is 0 Å². The van der Waals surface area contributed by atoms with E-state index in [1.807, 2.05) is 13.0 Å². The highest BCUT2D eigenvalue weighted by atomic mass is 32.1. The molecule has 94 valence electrons. The average molecular weight is 252 g/mol. The van der Waals surface area contributed by atoms with Crippen molar-refractivity contribution in [2.45, 2.75) is 34.1 Å². The number of thiocarbonyl (C=S) groups is 1. The number of hydrogen-bond donors (Lipinski definition) is 1. The van der Waals surface area contributed by atoms with E-state index in [1.165, 1.54) is 0 Å². The largest absolute Gasteiger partial charge is 0.477 e. The van der Waals surface area contributed by atoms with Crippen molar-refractivity contribution in [3.05, 3.63) is 23.4 Å². The van der Waals surface area contributed by atoms with E-state index < -0.39 is 0 Å². The first-order chi connectivity index (χ1) is 7.81. The number of aromatic nitrogens is 1. The zero-order valence-electron chi connectivity index (χ0n) is 10.9. The number of nitrogens with zero attached hydrogens (tertiary/aromatic N) is 1. The van der Waals surface area contributed by atoms with Crippen molar-refractivity contribution < 1.29 is 4.74 Å². The Labute approximate surface area is 108 Å². The van der Waals surface area contributed by atoms with Gasteiger partial charge in [-0.05, 0) is 30.4 Å². The molecule has 2 N–H and O–H groups in total. The van der Waals surface area contributed by atoms with Crippen LogP contribution in [-0.4, -0.2) is 16.6 Å². The van der Waals surface area contributed by atoms with Crippen LogP contribution >= 0.6 is 12.2 Å². The Bertz CT molecular complexity index is 410. The molecule has 0 saturated carbocycles. The molecule has 4 heteroatoms. The molecule has 0 aliphatic rings. The third-order valence-electron chi connectivity index (χ3n) is 2.46. The predicted octanol–water partition coefficient (Wildman–Crippen LogP) is 2.84. The topological polar surface area (TPSA) is 48.1 Å². The van der Waals surface area contributed by atoms with E-state index in [9.17, 15) is 0 Å². The van der Waals surface area contributed by atoms with Crippen LogP contribution < -0.4 is 10.5 Å². The quantitative estimate of drug-likeness (QED) is 0.837. The van der Waals surface area contributed by atoms with E-state index in [2.05, 4.69) is 25.8 Å². The SMILES string of the molecule is Cc1ccnc(OCCC(C)(C)C)c1C(N)=S. The maximum atomic E-state index is 5.68. The van der Waals surface area contributed by atoms with Gasteiger partial charge >= 0.3 is 0 Å². The zero-order valence-corrected chi connectivity index (χ0v) is 11.7. The normalized spacial score (nSPS) is 11.3. The fourth-order valence-electron chi connectivity index (χ4n) is 1.40. The highest BCUT2D eigenvalue weighted by molar-refractivity contribution is 7.80. The average Bonchev–Trinajstić information content (AvgIpc) is 2.14. The van der Waals surface area contributed by atoms with Crippen LogP contribution in [0, 0.1) is 12.3 Å². The number of pyridine rings is 1. The van der Waals surface area contributed by atoms with Crippen molar-refractivity contribution in [3.63, 3.8) is 0 Å². The van der Waals surface area contributed by atoms with Crippen molar-refractivity contribution >= 4 is 17.2 Å². The standard InChI is InChI=1S/C13H20N2OS/c1-9-5-7-15-12(10(9)11(14)17)16-8-6-13(2,3)4/h5,7H,6,8H2,1-4H3,(H2,14,17). The Morgan fingerprint density at radius 3 is 2.65 bits per heavy atom. The Morgan fingerprint density at radius 2 is 2.12 bits per heavy atom. The molecule has 0 unspecified atom stereocenters. The van der Waals surface area contributed by atoms with Crippen LogP contribution in [0.3, 0.4) is 0 Å². The van der Waals surface area contributed by atoms with Gasteiger partial charge in [-0.1, -0.05) is 33.0 Å². The monoisotopic (exact) mass is 252 g/mol. The van der Waals surface area contributed by atoms with Crippen molar-refractivity contribution in [1.82, 2.24) is 4.98 Å². The molecule has 17 heavy (non-hydrogen) atoms. The lowest BCUT2D eigenvalue weighted by molar-refractivity contribution is 0.236. The molecule has 0 aliphatic carbocycles. The van der Waals surface area contributed by atoms with Crippen LogP contribution in [0.5, 0.6) is 5.88 Å². The van der Waals surface area contributed by atoms with E-state index >= 15 is 0 Å². The molecule has 1 aromatic rings. The lowest BCUT2D eigenvalue weighted by Crippen LogP contribution is -2.16. The summed E-state index contributed by atoms with van der Waals surface area (Å²) in [5.41, 5.74) is 7.67. The van der Waals surface area contributed by atoms with E-state index in [-0.39, 0.29) is 5.41 Å². The molecule has 0 aromatic carbocycles. The summed E-state index contributed by atoms with van der Waals surface area (Å²) in [7, 11) is 0. The summed E-state index contributed by atoms with van der Waals surface area (Å²) in [5.74, 6) is 0.543. The summed E-state index contributed by atoms with van der Waals surface area (Å²) in [6.45, 7) is 9.10. The van der Waals surface area contributed by atoms with Gasteiger partial charge < -0.3 is 10.5 Å². The van der Waals surface area contributed by atoms with Crippen molar-refractivity contribution in [2.75, 3.05) is 6.61 Å². The van der Waals surface area contributed by atoms with Gasteiger partial charge in [0.2, 0.25) is 5.88 Å². The number of aryl methyl sites for hydroxylation is 1. The van der Waals surface area contributed by atoms with Crippen LogP contribution in [0.4, 0.5) is 0 Å². The predicted molar refractivity (Wildman–Crippen MR) is 74.4 cm³/mol. The minimum atomic E-state index is 0.243. The van der Waals surface area contributed by atoms with Crippen molar-refractivity contribution in [3.8, 4) is 5.88 Å². The molecule has 1 rings (SSSR count). The molecule has 0 radical (unpaired) electrons. The summed E-state index contributed by atoms with van der Waals surface area (Å²) in [6.07, 6.45) is 2.67. The molecule has 0 bridgehead atoms. The second-order valence-corrected chi connectivity index (χ2v) is 5.77. The molecule has 0 atom stereocenters. The fourth-order valence-corrected chi connectivity index (χ4v) is 1.64. The highest BCUT2D eigenvalue weighted by Gasteiger charge is 2.14. The summed E-state index contributed by atoms with van der Waals surface area (Å²) >= 11 is 5.02. The summed E-state index contributed by atoms with van der Waals surface area (Å²) in [6, 6.07) is 1.88. The maximum Gasteiger partial charge on any atom is 0.223 e. The Balaban J connectivity index is 2.78. The molecule has 0 spiro atoms.